The van der Waals surface area contributed by atoms with E-state index in [0.717, 1.165) is 25.3 Å². The summed E-state index contributed by atoms with van der Waals surface area (Å²) < 4.78 is 0. The van der Waals surface area contributed by atoms with Gasteiger partial charge in [0.05, 0.1) is 6.54 Å². The van der Waals surface area contributed by atoms with Gasteiger partial charge in [-0.15, -0.1) is 0 Å². The molecule has 0 aromatic heterocycles. The van der Waals surface area contributed by atoms with Gasteiger partial charge >= 0.3 is 0 Å². The molecule has 0 radical (unpaired) electrons. The smallest absolute Gasteiger partial charge is 0.101 e. The minimum absolute atomic E-state index is 0.783. The van der Waals surface area contributed by atoms with Gasteiger partial charge in [0.2, 0.25) is 0 Å². The molecular weight excluding hydrogens is 220 g/mol. The molecular formula is C16H16N2. The van der Waals surface area contributed by atoms with Gasteiger partial charge in [-0.05, 0) is 16.7 Å². The van der Waals surface area contributed by atoms with E-state index in [-0.39, 0.29) is 0 Å². The Morgan fingerprint density at radius 2 is 1.61 bits per heavy atom. The number of fused-ring (bicyclic) bond motifs is 1. The highest BCUT2D eigenvalue weighted by Crippen LogP contribution is 2.13. The maximum atomic E-state index is 4.67. The van der Waals surface area contributed by atoms with Crippen LogP contribution in [0.4, 0.5) is 0 Å². The van der Waals surface area contributed by atoms with E-state index in [9.17, 15) is 0 Å². The molecule has 0 amide bonds. The molecule has 2 aromatic rings. The fourth-order valence-corrected chi connectivity index (χ4v) is 2.23. The first-order valence-electron chi connectivity index (χ1n) is 6.30. The van der Waals surface area contributed by atoms with Crippen LogP contribution < -0.4 is 5.32 Å². The van der Waals surface area contributed by atoms with Crippen LogP contribution in [0.5, 0.6) is 0 Å². The highest BCUT2D eigenvalue weighted by molar-refractivity contribution is 5.84. The third-order valence-corrected chi connectivity index (χ3v) is 3.26. The van der Waals surface area contributed by atoms with Crippen LogP contribution >= 0.6 is 0 Å². The zero-order chi connectivity index (χ0) is 12.2. The lowest BCUT2D eigenvalue weighted by Crippen LogP contribution is -2.23. The Morgan fingerprint density at radius 1 is 0.889 bits per heavy atom. The minimum atomic E-state index is 0.783. The van der Waals surface area contributed by atoms with Crippen LogP contribution in [0.2, 0.25) is 0 Å². The standard InChI is InChI=1S/C16H16N2/c1-2-6-13(7-3-1)10-16-17-11-14-8-4-5-9-15(14)12-18-16/h1-9H,10-12H2,(H,17,18). The minimum Gasteiger partial charge on any atom is -0.369 e. The number of benzene rings is 2. The van der Waals surface area contributed by atoms with Crippen LogP contribution in [-0.4, -0.2) is 5.84 Å². The Bertz CT molecular complexity index is 558. The van der Waals surface area contributed by atoms with Crippen molar-refractivity contribution in [1.29, 1.82) is 0 Å². The predicted molar refractivity (Wildman–Crippen MR) is 74.6 cm³/mol. The van der Waals surface area contributed by atoms with E-state index in [1.54, 1.807) is 0 Å². The summed E-state index contributed by atoms with van der Waals surface area (Å²) in [5, 5.41) is 3.44. The first-order valence-corrected chi connectivity index (χ1v) is 6.30. The lowest BCUT2D eigenvalue weighted by Gasteiger charge is -2.07. The average molecular weight is 236 g/mol. The molecule has 0 spiro atoms. The van der Waals surface area contributed by atoms with E-state index in [1.165, 1.54) is 16.7 Å². The first-order chi connectivity index (χ1) is 8.92. The molecule has 0 saturated carbocycles. The van der Waals surface area contributed by atoms with Crippen molar-refractivity contribution >= 4 is 5.84 Å². The zero-order valence-electron chi connectivity index (χ0n) is 10.3. The molecule has 0 aliphatic carbocycles. The highest BCUT2D eigenvalue weighted by atomic mass is 15.0. The second-order valence-corrected chi connectivity index (χ2v) is 4.55. The van der Waals surface area contributed by atoms with Gasteiger partial charge in [0.15, 0.2) is 0 Å². The Kier molecular flexibility index (Phi) is 3.09. The summed E-state index contributed by atoms with van der Waals surface area (Å²) in [5.74, 6) is 1.08. The monoisotopic (exact) mass is 236 g/mol. The molecule has 1 aliphatic heterocycles. The Balaban J connectivity index is 1.76. The summed E-state index contributed by atoms with van der Waals surface area (Å²) in [6.07, 6.45) is 0.884. The van der Waals surface area contributed by atoms with E-state index in [1.807, 2.05) is 6.07 Å². The van der Waals surface area contributed by atoms with Crippen LogP contribution in [0.3, 0.4) is 0 Å². The fourth-order valence-electron chi connectivity index (χ4n) is 2.23. The highest BCUT2D eigenvalue weighted by Gasteiger charge is 2.08. The SMILES string of the molecule is c1ccc(CC2=NCc3ccccc3CN2)cc1. The molecule has 0 fully saturated rings. The van der Waals surface area contributed by atoms with E-state index in [4.69, 9.17) is 0 Å². The lowest BCUT2D eigenvalue weighted by molar-refractivity contribution is 0.902. The molecule has 0 bridgehead atoms. The topological polar surface area (TPSA) is 24.4 Å². The number of hydrogen-bond acceptors (Lipinski definition) is 2. The van der Waals surface area contributed by atoms with Gasteiger partial charge in [-0.1, -0.05) is 54.6 Å². The fraction of sp³-hybridized carbons (Fsp3) is 0.188. The van der Waals surface area contributed by atoms with Crippen molar-refractivity contribution in [3.8, 4) is 0 Å². The van der Waals surface area contributed by atoms with E-state index >= 15 is 0 Å². The largest absolute Gasteiger partial charge is 0.369 e. The Morgan fingerprint density at radius 3 is 2.44 bits per heavy atom. The van der Waals surface area contributed by atoms with Gasteiger partial charge in [0, 0.05) is 13.0 Å². The molecule has 1 heterocycles. The molecule has 2 nitrogen and oxygen atoms in total. The molecule has 2 heteroatoms. The normalized spacial score (nSPS) is 14.1. The predicted octanol–water partition coefficient (Wildman–Crippen LogP) is 2.93. The number of rotatable bonds is 2. The maximum absolute atomic E-state index is 4.67. The van der Waals surface area contributed by atoms with Gasteiger partial charge < -0.3 is 5.32 Å². The average Bonchev–Trinajstić information content (AvgIpc) is 2.63. The van der Waals surface area contributed by atoms with Crippen molar-refractivity contribution in [2.75, 3.05) is 0 Å². The molecule has 0 unspecified atom stereocenters. The molecule has 18 heavy (non-hydrogen) atoms. The number of aliphatic imine (C=N–C) groups is 1. The van der Waals surface area contributed by atoms with Gasteiger partial charge in [-0.25, -0.2) is 0 Å². The van der Waals surface area contributed by atoms with Crippen molar-refractivity contribution in [3.05, 3.63) is 71.3 Å². The summed E-state index contributed by atoms with van der Waals surface area (Å²) in [4.78, 5) is 4.67. The van der Waals surface area contributed by atoms with Crippen LogP contribution in [0.1, 0.15) is 16.7 Å². The van der Waals surface area contributed by atoms with Crippen molar-refractivity contribution in [2.24, 2.45) is 4.99 Å². The Hall–Kier alpha value is -2.09. The van der Waals surface area contributed by atoms with Crippen molar-refractivity contribution in [1.82, 2.24) is 5.32 Å². The molecule has 0 atom stereocenters. The molecule has 1 aliphatic rings. The maximum Gasteiger partial charge on any atom is 0.101 e. The first kappa shape index (κ1) is 11.0. The van der Waals surface area contributed by atoms with E-state index < -0.39 is 0 Å². The summed E-state index contributed by atoms with van der Waals surface area (Å²) in [7, 11) is 0. The van der Waals surface area contributed by atoms with Gasteiger partial charge in [0.1, 0.15) is 5.84 Å². The van der Waals surface area contributed by atoms with Gasteiger partial charge in [-0.2, -0.15) is 0 Å². The molecule has 2 aromatic carbocycles. The molecule has 0 saturated heterocycles. The van der Waals surface area contributed by atoms with Crippen LogP contribution in [0.15, 0.2) is 59.6 Å². The summed E-state index contributed by atoms with van der Waals surface area (Å²) in [5.41, 5.74) is 3.98. The number of nitrogens with zero attached hydrogens (tertiary/aromatic N) is 1. The third-order valence-electron chi connectivity index (χ3n) is 3.26. The molecule has 1 N–H and O–H groups in total. The zero-order valence-corrected chi connectivity index (χ0v) is 10.3. The summed E-state index contributed by atoms with van der Waals surface area (Å²) in [6, 6.07) is 19.0. The third kappa shape index (κ3) is 2.43. The van der Waals surface area contributed by atoms with Crippen LogP contribution in [-0.2, 0) is 19.5 Å². The number of amidine groups is 1. The van der Waals surface area contributed by atoms with Gasteiger partial charge in [0.25, 0.3) is 0 Å². The summed E-state index contributed by atoms with van der Waals surface area (Å²) in [6.45, 7) is 1.66. The van der Waals surface area contributed by atoms with Crippen LogP contribution in [0, 0.1) is 0 Å². The van der Waals surface area contributed by atoms with Crippen molar-refractivity contribution in [3.63, 3.8) is 0 Å². The number of nitrogens with one attached hydrogen (secondary N) is 1. The molecule has 3 rings (SSSR count). The van der Waals surface area contributed by atoms with E-state index in [2.05, 4.69) is 58.8 Å². The van der Waals surface area contributed by atoms with Crippen molar-refractivity contribution in [2.45, 2.75) is 19.5 Å². The van der Waals surface area contributed by atoms with E-state index in [0.29, 0.717) is 0 Å². The second kappa shape index (κ2) is 5.05. The second-order valence-electron chi connectivity index (χ2n) is 4.55. The lowest BCUT2D eigenvalue weighted by atomic mass is 10.1. The summed E-state index contributed by atoms with van der Waals surface area (Å²) >= 11 is 0. The quantitative estimate of drug-likeness (QED) is 0.851. The van der Waals surface area contributed by atoms with Crippen molar-refractivity contribution < 1.29 is 0 Å². The van der Waals surface area contributed by atoms with Crippen LogP contribution in [0.25, 0.3) is 0 Å². The van der Waals surface area contributed by atoms with Gasteiger partial charge in [-0.3, -0.25) is 4.99 Å². The Labute approximate surface area is 107 Å². The number of hydrogen-bond donors (Lipinski definition) is 1. The molecule has 90 valence electrons.